The molecule has 1 amide bonds. The molecular formula is C22H24N6O. The van der Waals surface area contributed by atoms with Crippen LogP contribution in [0.5, 0.6) is 0 Å². The first-order valence-electron chi connectivity index (χ1n) is 9.72. The fourth-order valence-electron chi connectivity index (χ4n) is 3.42. The predicted molar refractivity (Wildman–Crippen MR) is 114 cm³/mol. The van der Waals surface area contributed by atoms with E-state index in [0.717, 1.165) is 41.3 Å². The molecule has 1 saturated heterocycles. The molecule has 0 aliphatic carbocycles. The number of nitrogens with one attached hydrogen (secondary N) is 1. The topological polar surface area (TPSA) is 74.2 Å². The Bertz CT molecular complexity index is 982. The molecule has 2 aromatic heterocycles. The summed E-state index contributed by atoms with van der Waals surface area (Å²) >= 11 is 0. The molecule has 1 N–H and O–H groups in total. The van der Waals surface area contributed by atoms with Gasteiger partial charge in [-0.15, -0.1) is 10.2 Å². The van der Waals surface area contributed by atoms with Gasteiger partial charge in [0.25, 0.3) is 5.91 Å². The van der Waals surface area contributed by atoms with Crippen LogP contribution in [0.1, 0.15) is 21.5 Å². The number of piperazine rings is 1. The van der Waals surface area contributed by atoms with Crippen LogP contribution in [0.15, 0.2) is 54.9 Å². The summed E-state index contributed by atoms with van der Waals surface area (Å²) in [7, 11) is 0. The highest BCUT2D eigenvalue weighted by Crippen LogP contribution is 2.19. The minimum absolute atomic E-state index is 0.105. The van der Waals surface area contributed by atoms with E-state index in [2.05, 4.69) is 25.4 Å². The number of nitrogens with zero attached hydrogens (tertiary/aromatic N) is 5. The van der Waals surface area contributed by atoms with Crippen molar-refractivity contribution >= 4 is 23.2 Å². The number of pyridine rings is 1. The van der Waals surface area contributed by atoms with Crippen LogP contribution in [0.4, 0.5) is 17.3 Å². The Balaban J connectivity index is 1.37. The Labute approximate surface area is 170 Å². The monoisotopic (exact) mass is 388 g/mol. The van der Waals surface area contributed by atoms with E-state index in [0.29, 0.717) is 18.9 Å². The van der Waals surface area contributed by atoms with Crippen LogP contribution >= 0.6 is 0 Å². The third-order valence-corrected chi connectivity index (χ3v) is 5.10. The van der Waals surface area contributed by atoms with E-state index in [1.165, 1.54) is 0 Å². The van der Waals surface area contributed by atoms with E-state index in [9.17, 15) is 4.79 Å². The van der Waals surface area contributed by atoms with Crippen LogP contribution in [-0.4, -0.2) is 52.2 Å². The lowest BCUT2D eigenvalue weighted by Crippen LogP contribution is -2.49. The largest absolute Gasteiger partial charge is 0.352 e. The molecular weight excluding hydrogens is 364 g/mol. The Morgan fingerprint density at radius 3 is 2.52 bits per heavy atom. The van der Waals surface area contributed by atoms with E-state index in [-0.39, 0.29) is 5.91 Å². The zero-order valence-electron chi connectivity index (χ0n) is 16.7. The molecule has 0 saturated carbocycles. The SMILES string of the molecule is Cc1ccc(C)c(C(=O)N2CCN(c3ccc(Nc4cccnc4)nn3)CC2)c1. The number of amides is 1. The first-order chi connectivity index (χ1) is 14.1. The van der Waals surface area contributed by atoms with E-state index < -0.39 is 0 Å². The first kappa shape index (κ1) is 18.9. The maximum absolute atomic E-state index is 12.9. The summed E-state index contributed by atoms with van der Waals surface area (Å²) in [5, 5.41) is 11.8. The Hall–Kier alpha value is -3.48. The average Bonchev–Trinajstić information content (AvgIpc) is 2.76. The normalized spacial score (nSPS) is 14.0. The average molecular weight is 388 g/mol. The third kappa shape index (κ3) is 4.34. The second kappa shape index (κ2) is 8.26. The summed E-state index contributed by atoms with van der Waals surface area (Å²) in [5.41, 5.74) is 3.79. The van der Waals surface area contributed by atoms with Crippen molar-refractivity contribution in [3.8, 4) is 0 Å². The molecule has 1 fully saturated rings. The van der Waals surface area contributed by atoms with E-state index >= 15 is 0 Å². The fraction of sp³-hybridized carbons (Fsp3) is 0.273. The van der Waals surface area contributed by atoms with Gasteiger partial charge in [-0.2, -0.15) is 0 Å². The molecule has 1 aliphatic rings. The Morgan fingerprint density at radius 2 is 1.83 bits per heavy atom. The second-order valence-corrected chi connectivity index (χ2v) is 7.24. The lowest BCUT2D eigenvalue weighted by Gasteiger charge is -2.35. The predicted octanol–water partition coefficient (Wildman–Crippen LogP) is 3.19. The van der Waals surface area contributed by atoms with Crippen LogP contribution in [0.2, 0.25) is 0 Å². The number of anilines is 3. The van der Waals surface area contributed by atoms with Gasteiger partial charge < -0.3 is 15.1 Å². The summed E-state index contributed by atoms with van der Waals surface area (Å²) in [4.78, 5) is 21.1. The van der Waals surface area contributed by atoms with Gasteiger partial charge >= 0.3 is 0 Å². The van der Waals surface area contributed by atoms with Gasteiger partial charge in [-0.3, -0.25) is 9.78 Å². The van der Waals surface area contributed by atoms with Crippen LogP contribution in [-0.2, 0) is 0 Å². The summed E-state index contributed by atoms with van der Waals surface area (Å²) in [6.07, 6.45) is 3.46. The third-order valence-electron chi connectivity index (χ3n) is 5.10. The van der Waals surface area contributed by atoms with Gasteiger partial charge in [0, 0.05) is 37.9 Å². The number of aryl methyl sites for hydroxylation is 2. The molecule has 148 valence electrons. The van der Waals surface area contributed by atoms with Gasteiger partial charge in [0.1, 0.15) is 0 Å². The molecule has 1 aromatic carbocycles. The first-order valence-corrected chi connectivity index (χ1v) is 9.72. The molecule has 0 unspecified atom stereocenters. The molecule has 3 heterocycles. The molecule has 0 radical (unpaired) electrons. The molecule has 3 aromatic rings. The highest BCUT2D eigenvalue weighted by atomic mass is 16.2. The lowest BCUT2D eigenvalue weighted by atomic mass is 10.0. The van der Waals surface area contributed by atoms with Crippen molar-refractivity contribution < 1.29 is 4.79 Å². The van der Waals surface area contributed by atoms with Gasteiger partial charge in [0.05, 0.1) is 11.9 Å². The quantitative estimate of drug-likeness (QED) is 0.740. The fourth-order valence-corrected chi connectivity index (χ4v) is 3.42. The van der Waals surface area contributed by atoms with Crippen molar-refractivity contribution in [1.29, 1.82) is 0 Å². The van der Waals surface area contributed by atoms with E-state index in [1.54, 1.807) is 12.4 Å². The Kier molecular flexibility index (Phi) is 5.37. The van der Waals surface area contributed by atoms with Crippen molar-refractivity contribution in [2.75, 3.05) is 36.4 Å². The van der Waals surface area contributed by atoms with Crippen LogP contribution in [0.3, 0.4) is 0 Å². The number of carbonyl (C=O) groups excluding carboxylic acids is 1. The van der Waals surface area contributed by atoms with Crippen molar-refractivity contribution in [2.45, 2.75) is 13.8 Å². The van der Waals surface area contributed by atoms with Gasteiger partial charge in [0.2, 0.25) is 0 Å². The highest BCUT2D eigenvalue weighted by Gasteiger charge is 2.24. The van der Waals surface area contributed by atoms with E-state index in [4.69, 9.17) is 0 Å². The molecule has 7 heteroatoms. The van der Waals surface area contributed by atoms with Crippen molar-refractivity contribution in [1.82, 2.24) is 20.1 Å². The van der Waals surface area contributed by atoms with Crippen molar-refractivity contribution in [3.63, 3.8) is 0 Å². The second-order valence-electron chi connectivity index (χ2n) is 7.24. The maximum Gasteiger partial charge on any atom is 0.254 e. The molecule has 7 nitrogen and oxygen atoms in total. The molecule has 0 bridgehead atoms. The van der Waals surface area contributed by atoms with E-state index in [1.807, 2.05) is 61.2 Å². The van der Waals surface area contributed by atoms with Gasteiger partial charge in [0.15, 0.2) is 11.6 Å². The molecule has 29 heavy (non-hydrogen) atoms. The van der Waals surface area contributed by atoms with Crippen molar-refractivity contribution in [3.05, 3.63) is 71.5 Å². The van der Waals surface area contributed by atoms with Gasteiger partial charge in [-0.1, -0.05) is 17.7 Å². The number of benzene rings is 1. The summed E-state index contributed by atoms with van der Waals surface area (Å²) in [6.45, 7) is 6.81. The minimum atomic E-state index is 0.105. The Morgan fingerprint density at radius 1 is 1.00 bits per heavy atom. The smallest absolute Gasteiger partial charge is 0.254 e. The molecule has 4 rings (SSSR count). The summed E-state index contributed by atoms with van der Waals surface area (Å²) in [6, 6.07) is 13.7. The zero-order chi connectivity index (χ0) is 20.2. The highest BCUT2D eigenvalue weighted by molar-refractivity contribution is 5.96. The number of hydrogen-bond donors (Lipinski definition) is 1. The number of hydrogen-bond acceptors (Lipinski definition) is 6. The van der Waals surface area contributed by atoms with Gasteiger partial charge in [-0.25, -0.2) is 0 Å². The standard InChI is InChI=1S/C22H24N6O/c1-16-5-6-17(2)19(14-16)22(29)28-12-10-27(11-13-28)21-8-7-20(25-26-21)24-18-4-3-9-23-15-18/h3-9,14-15H,10-13H2,1-2H3,(H,24,25). The molecule has 0 spiro atoms. The lowest BCUT2D eigenvalue weighted by molar-refractivity contribution is 0.0745. The number of rotatable bonds is 4. The zero-order valence-corrected chi connectivity index (χ0v) is 16.7. The molecule has 0 atom stereocenters. The van der Waals surface area contributed by atoms with Crippen LogP contribution in [0, 0.1) is 13.8 Å². The van der Waals surface area contributed by atoms with Gasteiger partial charge in [-0.05, 0) is 49.7 Å². The van der Waals surface area contributed by atoms with Crippen LogP contribution in [0.25, 0.3) is 0 Å². The maximum atomic E-state index is 12.9. The minimum Gasteiger partial charge on any atom is -0.352 e. The van der Waals surface area contributed by atoms with Crippen molar-refractivity contribution in [2.24, 2.45) is 0 Å². The van der Waals surface area contributed by atoms with Crippen LogP contribution < -0.4 is 10.2 Å². The number of aromatic nitrogens is 3. The summed E-state index contributed by atoms with van der Waals surface area (Å²) < 4.78 is 0. The molecule has 1 aliphatic heterocycles. The summed E-state index contributed by atoms with van der Waals surface area (Å²) in [5.74, 6) is 1.60. The number of carbonyl (C=O) groups is 1.